The number of nitrogens with zero attached hydrogens (tertiary/aromatic N) is 3. The summed E-state index contributed by atoms with van der Waals surface area (Å²) in [6.45, 7) is 2.28. The van der Waals surface area contributed by atoms with Gasteiger partial charge in [0.2, 0.25) is 11.8 Å². The average Bonchev–Trinajstić information content (AvgIpc) is 3.19. The summed E-state index contributed by atoms with van der Waals surface area (Å²) in [5.74, 6) is -0.677. The third-order valence-corrected chi connectivity index (χ3v) is 5.74. The molecule has 0 radical (unpaired) electrons. The van der Waals surface area contributed by atoms with Crippen LogP contribution in [-0.4, -0.2) is 40.5 Å². The Morgan fingerprint density at radius 2 is 1.97 bits per heavy atom. The van der Waals surface area contributed by atoms with Gasteiger partial charge in [-0.05, 0) is 42.7 Å². The lowest BCUT2D eigenvalue weighted by atomic mass is 9.99. The predicted molar refractivity (Wildman–Crippen MR) is 113 cm³/mol. The number of amides is 1. The van der Waals surface area contributed by atoms with E-state index in [1.807, 2.05) is 0 Å². The zero-order chi connectivity index (χ0) is 22.1. The number of benzene rings is 1. The van der Waals surface area contributed by atoms with Crippen molar-refractivity contribution in [2.45, 2.75) is 25.8 Å². The molecule has 0 bridgehead atoms. The molecule has 5 rings (SSSR count). The van der Waals surface area contributed by atoms with Crippen LogP contribution < -0.4 is 10.1 Å². The molecule has 0 unspecified atom stereocenters. The summed E-state index contributed by atoms with van der Waals surface area (Å²) in [5, 5.41) is 7.43. The Balaban J connectivity index is 1.53. The number of nitrogens with one attached hydrogen (secondary N) is 1. The van der Waals surface area contributed by atoms with Crippen LogP contribution in [0.1, 0.15) is 19.3 Å². The van der Waals surface area contributed by atoms with E-state index < -0.39 is 11.6 Å². The van der Waals surface area contributed by atoms with Crippen LogP contribution in [0, 0.1) is 17.6 Å². The van der Waals surface area contributed by atoms with Crippen LogP contribution in [0.4, 0.5) is 14.6 Å². The number of hydrogen-bond donors (Lipinski definition) is 1. The number of hydrogen-bond acceptors (Lipinski definition) is 5. The number of pyridine rings is 1. The van der Waals surface area contributed by atoms with E-state index in [1.54, 1.807) is 23.0 Å². The number of halogens is 2. The molecule has 2 aromatic heterocycles. The van der Waals surface area contributed by atoms with Gasteiger partial charge in [-0.1, -0.05) is 0 Å². The molecule has 0 saturated carbocycles. The summed E-state index contributed by atoms with van der Waals surface area (Å²) in [7, 11) is 0. The SMILES string of the molecule is O=C(Nc1cc(-c2c(-c3ccc(F)cc3F)nn3c2OCCC3)ccn1)C1CCOCC1. The van der Waals surface area contributed by atoms with E-state index in [1.165, 1.54) is 12.1 Å². The largest absolute Gasteiger partial charge is 0.477 e. The first-order valence-electron chi connectivity index (χ1n) is 10.6. The molecule has 32 heavy (non-hydrogen) atoms. The molecular weight excluding hydrogens is 418 g/mol. The average molecular weight is 440 g/mol. The third kappa shape index (κ3) is 3.95. The van der Waals surface area contributed by atoms with Gasteiger partial charge in [0.15, 0.2) is 0 Å². The van der Waals surface area contributed by atoms with Crippen molar-refractivity contribution in [2.24, 2.45) is 5.92 Å². The van der Waals surface area contributed by atoms with Gasteiger partial charge in [-0.3, -0.25) is 4.79 Å². The van der Waals surface area contributed by atoms with Crippen molar-refractivity contribution in [3.63, 3.8) is 0 Å². The molecule has 2 aliphatic heterocycles. The molecule has 0 atom stereocenters. The molecule has 1 amide bonds. The van der Waals surface area contributed by atoms with Crippen LogP contribution in [0.2, 0.25) is 0 Å². The van der Waals surface area contributed by atoms with Gasteiger partial charge in [0.1, 0.15) is 23.1 Å². The maximum Gasteiger partial charge on any atom is 0.228 e. The van der Waals surface area contributed by atoms with Crippen LogP contribution in [0.15, 0.2) is 36.5 Å². The Morgan fingerprint density at radius 3 is 2.78 bits per heavy atom. The lowest BCUT2D eigenvalue weighted by Gasteiger charge is -2.21. The quantitative estimate of drug-likeness (QED) is 0.663. The number of ether oxygens (including phenoxy) is 2. The minimum Gasteiger partial charge on any atom is -0.477 e. The zero-order valence-corrected chi connectivity index (χ0v) is 17.3. The smallest absolute Gasteiger partial charge is 0.228 e. The van der Waals surface area contributed by atoms with E-state index in [9.17, 15) is 13.6 Å². The minimum atomic E-state index is -0.705. The Bertz CT molecular complexity index is 1160. The molecular formula is C23H22F2N4O3. The molecule has 0 spiro atoms. The molecule has 1 aromatic carbocycles. The van der Waals surface area contributed by atoms with Gasteiger partial charge in [-0.2, -0.15) is 5.10 Å². The molecule has 3 aromatic rings. The number of carbonyl (C=O) groups excluding carboxylic acids is 1. The lowest BCUT2D eigenvalue weighted by Crippen LogP contribution is -2.28. The van der Waals surface area contributed by atoms with Crippen molar-refractivity contribution < 1.29 is 23.0 Å². The molecule has 7 nitrogen and oxygen atoms in total. The molecule has 9 heteroatoms. The number of fused-ring (bicyclic) bond motifs is 1. The number of rotatable bonds is 4. The summed E-state index contributed by atoms with van der Waals surface area (Å²) in [6.07, 6.45) is 3.70. The number of aryl methyl sites for hydroxylation is 1. The van der Waals surface area contributed by atoms with E-state index in [2.05, 4.69) is 15.4 Å². The van der Waals surface area contributed by atoms with Crippen molar-refractivity contribution in [3.8, 4) is 28.3 Å². The van der Waals surface area contributed by atoms with Gasteiger partial charge in [0.25, 0.3) is 0 Å². The maximum atomic E-state index is 14.6. The number of carbonyl (C=O) groups is 1. The summed E-state index contributed by atoms with van der Waals surface area (Å²) in [5.41, 5.74) is 1.78. The predicted octanol–water partition coefficient (Wildman–Crippen LogP) is 4.04. The molecule has 4 heterocycles. The van der Waals surface area contributed by atoms with Crippen molar-refractivity contribution >= 4 is 11.7 Å². The van der Waals surface area contributed by atoms with E-state index >= 15 is 0 Å². The molecule has 2 aliphatic rings. The topological polar surface area (TPSA) is 78.3 Å². The van der Waals surface area contributed by atoms with Gasteiger partial charge < -0.3 is 14.8 Å². The Hall–Kier alpha value is -3.33. The van der Waals surface area contributed by atoms with Crippen LogP contribution >= 0.6 is 0 Å². The fourth-order valence-corrected chi connectivity index (χ4v) is 4.10. The van der Waals surface area contributed by atoms with Crippen LogP contribution in [-0.2, 0) is 16.1 Å². The third-order valence-electron chi connectivity index (χ3n) is 5.74. The summed E-state index contributed by atoms with van der Waals surface area (Å²) in [4.78, 5) is 16.9. The lowest BCUT2D eigenvalue weighted by molar-refractivity contribution is -0.122. The highest BCUT2D eigenvalue weighted by atomic mass is 19.1. The standard InChI is InChI=1S/C23H22F2N4O3/c24-16-2-3-17(18(25)13-16)21-20(23-29(28-21)8-1-9-32-23)15-4-7-26-19(12-15)27-22(30)14-5-10-31-11-6-14/h2-4,7,12-14H,1,5-6,8-11H2,(H,26,27,30). The molecule has 1 saturated heterocycles. The second kappa shape index (κ2) is 8.66. The van der Waals surface area contributed by atoms with Crippen LogP contribution in [0.3, 0.4) is 0 Å². The Morgan fingerprint density at radius 1 is 1.12 bits per heavy atom. The van der Waals surface area contributed by atoms with E-state index in [0.717, 1.165) is 12.5 Å². The highest BCUT2D eigenvalue weighted by Gasteiger charge is 2.27. The van der Waals surface area contributed by atoms with Gasteiger partial charge in [0, 0.05) is 49.9 Å². The maximum absolute atomic E-state index is 14.6. The first kappa shape index (κ1) is 20.6. The minimum absolute atomic E-state index is 0.101. The zero-order valence-electron chi connectivity index (χ0n) is 17.3. The molecule has 1 N–H and O–H groups in total. The van der Waals surface area contributed by atoms with Crippen molar-refractivity contribution in [1.82, 2.24) is 14.8 Å². The van der Waals surface area contributed by atoms with Crippen LogP contribution in [0.5, 0.6) is 5.88 Å². The fourth-order valence-electron chi connectivity index (χ4n) is 4.10. The Labute approximate surface area is 183 Å². The van der Waals surface area contributed by atoms with Gasteiger partial charge in [0.05, 0.1) is 12.2 Å². The van der Waals surface area contributed by atoms with Crippen LogP contribution in [0.25, 0.3) is 22.4 Å². The van der Waals surface area contributed by atoms with Gasteiger partial charge in [-0.25, -0.2) is 18.4 Å². The van der Waals surface area contributed by atoms with E-state index in [-0.39, 0.29) is 17.4 Å². The second-order valence-electron chi connectivity index (χ2n) is 7.88. The molecule has 1 fully saturated rings. The van der Waals surface area contributed by atoms with Gasteiger partial charge in [-0.15, -0.1) is 0 Å². The summed E-state index contributed by atoms with van der Waals surface area (Å²) >= 11 is 0. The number of aromatic nitrogens is 3. The monoisotopic (exact) mass is 440 g/mol. The summed E-state index contributed by atoms with van der Waals surface area (Å²) < 4.78 is 41.0. The molecule has 0 aliphatic carbocycles. The summed E-state index contributed by atoms with van der Waals surface area (Å²) in [6, 6.07) is 6.89. The highest BCUT2D eigenvalue weighted by Crippen LogP contribution is 2.41. The normalized spacial score (nSPS) is 16.3. The first-order chi connectivity index (χ1) is 15.6. The number of anilines is 1. The first-order valence-corrected chi connectivity index (χ1v) is 10.6. The van der Waals surface area contributed by atoms with Crippen molar-refractivity contribution in [1.29, 1.82) is 0 Å². The molecule has 166 valence electrons. The second-order valence-corrected chi connectivity index (χ2v) is 7.88. The Kier molecular flexibility index (Phi) is 5.57. The highest BCUT2D eigenvalue weighted by molar-refractivity contribution is 5.93. The fraction of sp³-hybridized carbons (Fsp3) is 0.348. The van der Waals surface area contributed by atoms with E-state index in [0.29, 0.717) is 67.7 Å². The van der Waals surface area contributed by atoms with E-state index in [4.69, 9.17) is 9.47 Å². The van der Waals surface area contributed by atoms with Gasteiger partial charge >= 0.3 is 0 Å². The van der Waals surface area contributed by atoms with Crippen molar-refractivity contribution in [2.75, 3.05) is 25.1 Å². The van der Waals surface area contributed by atoms with Crippen molar-refractivity contribution in [3.05, 3.63) is 48.2 Å².